The van der Waals surface area contributed by atoms with Crippen molar-refractivity contribution >= 4 is 0 Å². The summed E-state index contributed by atoms with van der Waals surface area (Å²) >= 11 is 0. The summed E-state index contributed by atoms with van der Waals surface area (Å²) < 4.78 is 17.5. The number of hydrogen-bond donors (Lipinski definition) is 1. The van der Waals surface area contributed by atoms with Gasteiger partial charge in [-0.05, 0) is 62.9 Å². The lowest BCUT2D eigenvalue weighted by molar-refractivity contribution is 0.149. The Morgan fingerprint density at radius 2 is 1.86 bits per heavy atom. The van der Waals surface area contributed by atoms with Crippen molar-refractivity contribution in [1.29, 1.82) is 0 Å². The third kappa shape index (κ3) is 5.64. The maximum absolute atomic E-state index is 12.0. The summed E-state index contributed by atoms with van der Waals surface area (Å²) in [6, 6.07) is 7.59. The number of halogens is 1. The van der Waals surface area contributed by atoms with Crippen LogP contribution >= 0.6 is 0 Å². The topological polar surface area (TPSA) is 32.7 Å². The number of alkyl halides is 1. The molecule has 0 spiro atoms. The molecule has 0 radical (unpaired) electrons. The van der Waals surface area contributed by atoms with Gasteiger partial charge in [0.05, 0.1) is 19.4 Å². The Bertz CT molecular complexity index is 390. The van der Waals surface area contributed by atoms with E-state index in [2.05, 4.69) is 4.90 Å². The Morgan fingerprint density at radius 1 is 1.14 bits per heavy atom. The molecule has 0 bridgehead atoms. The van der Waals surface area contributed by atoms with Crippen LogP contribution in [0.1, 0.15) is 43.8 Å². The number of ether oxygens (including phenoxy) is 1. The first-order valence-corrected chi connectivity index (χ1v) is 7.99. The number of benzene rings is 1. The Labute approximate surface area is 126 Å². The number of rotatable bonds is 9. The lowest BCUT2D eigenvalue weighted by Gasteiger charge is -2.18. The Balaban J connectivity index is 1.72. The summed E-state index contributed by atoms with van der Waals surface area (Å²) in [5.74, 6) is 0.782. The smallest absolute Gasteiger partial charge is 0.119 e. The third-order valence-electron chi connectivity index (χ3n) is 3.98. The molecule has 0 amide bonds. The summed E-state index contributed by atoms with van der Waals surface area (Å²) in [5.41, 5.74) is 0.935. The highest BCUT2D eigenvalue weighted by Crippen LogP contribution is 2.21. The molecule has 4 heteroatoms. The highest BCUT2D eigenvalue weighted by Gasteiger charge is 2.14. The second-order valence-corrected chi connectivity index (χ2v) is 5.67. The lowest BCUT2D eigenvalue weighted by Crippen LogP contribution is -2.22. The molecular weight excluding hydrogens is 269 g/mol. The fourth-order valence-electron chi connectivity index (χ4n) is 2.65. The summed E-state index contributed by atoms with van der Waals surface area (Å²) in [7, 11) is 0. The maximum atomic E-state index is 12.0. The van der Waals surface area contributed by atoms with Crippen LogP contribution in [-0.4, -0.2) is 42.9 Å². The first-order chi connectivity index (χ1) is 10.3. The molecule has 0 unspecified atom stereocenters. The zero-order valence-electron chi connectivity index (χ0n) is 12.6. The van der Waals surface area contributed by atoms with Crippen molar-refractivity contribution < 1.29 is 14.2 Å². The van der Waals surface area contributed by atoms with Gasteiger partial charge in [0.1, 0.15) is 5.75 Å². The van der Waals surface area contributed by atoms with E-state index < -0.39 is 6.10 Å². The molecule has 1 aliphatic heterocycles. The fraction of sp³-hybridized carbons (Fsp3) is 0.647. The summed E-state index contributed by atoms with van der Waals surface area (Å²) in [5, 5.41) is 10.2. The van der Waals surface area contributed by atoms with Gasteiger partial charge < -0.3 is 14.7 Å². The van der Waals surface area contributed by atoms with Crippen LogP contribution in [0.15, 0.2) is 24.3 Å². The second kappa shape index (κ2) is 9.00. The number of unbranched alkanes of at least 4 members (excludes halogenated alkanes) is 1. The molecule has 1 atom stereocenters. The van der Waals surface area contributed by atoms with Crippen molar-refractivity contribution in [2.45, 2.75) is 38.2 Å². The molecule has 0 aliphatic carbocycles. The molecule has 1 aromatic carbocycles. The average molecular weight is 295 g/mol. The Hall–Kier alpha value is -1.13. The van der Waals surface area contributed by atoms with E-state index in [-0.39, 0.29) is 6.67 Å². The number of nitrogens with zero attached hydrogens (tertiary/aromatic N) is 1. The summed E-state index contributed by atoms with van der Waals surface area (Å²) in [4.78, 5) is 2.41. The van der Waals surface area contributed by atoms with E-state index in [4.69, 9.17) is 4.74 Å². The van der Waals surface area contributed by atoms with Crippen molar-refractivity contribution in [3.63, 3.8) is 0 Å². The molecule has 0 saturated carbocycles. The lowest BCUT2D eigenvalue weighted by atomic mass is 10.1. The molecule has 1 aliphatic rings. The highest BCUT2D eigenvalue weighted by atomic mass is 19.1. The number of hydrogen-bond acceptors (Lipinski definition) is 3. The minimum absolute atomic E-state index is 0.286. The van der Waals surface area contributed by atoms with Gasteiger partial charge in [0.2, 0.25) is 0 Å². The monoisotopic (exact) mass is 295 g/mol. The van der Waals surface area contributed by atoms with Gasteiger partial charge in [-0.1, -0.05) is 12.1 Å². The highest BCUT2D eigenvalue weighted by molar-refractivity contribution is 5.28. The Kier molecular flexibility index (Phi) is 6.96. The van der Waals surface area contributed by atoms with E-state index >= 15 is 0 Å². The van der Waals surface area contributed by atoms with E-state index in [1.54, 1.807) is 0 Å². The molecule has 21 heavy (non-hydrogen) atoms. The predicted molar refractivity (Wildman–Crippen MR) is 82.4 cm³/mol. The van der Waals surface area contributed by atoms with Gasteiger partial charge in [0, 0.05) is 6.54 Å². The van der Waals surface area contributed by atoms with E-state index in [0.29, 0.717) is 13.0 Å². The normalized spacial score (nSPS) is 17.0. The molecule has 3 nitrogen and oxygen atoms in total. The van der Waals surface area contributed by atoms with Crippen molar-refractivity contribution in [1.82, 2.24) is 4.90 Å². The van der Waals surface area contributed by atoms with Gasteiger partial charge in [-0.3, -0.25) is 4.39 Å². The van der Waals surface area contributed by atoms with Crippen molar-refractivity contribution in [3.8, 4) is 5.75 Å². The largest absolute Gasteiger partial charge is 0.494 e. The van der Waals surface area contributed by atoms with Crippen molar-refractivity contribution in [3.05, 3.63) is 29.8 Å². The predicted octanol–water partition coefficient (Wildman–Crippen LogP) is 3.33. The molecule has 2 rings (SSSR count). The van der Waals surface area contributed by atoms with Crippen LogP contribution < -0.4 is 4.74 Å². The maximum Gasteiger partial charge on any atom is 0.119 e. The van der Waals surface area contributed by atoms with Crippen LogP contribution in [-0.2, 0) is 0 Å². The standard InChI is InChI=1S/C17H26FNO2/c18-10-1-4-14-21-16-7-5-15(6-8-16)17(20)9-13-19-11-2-3-12-19/h5-8,17,20H,1-4,9-14H2/t17-/m0/s1. The van der Waals surface area contributed by atoms with Gasteiger partial charge in [0.25, 0.3) is 0 Å². The van der Waals surface area contributed by atoms with Gasteiger partial charge in [0.15, 0.2) is 0 Å². The van der Waals surface area contributed by atoms with Crippen molar-refractivity contribution in [2.24, 2.45) is 0 Å². The van der Waals surface area contributed by atoms with Crippen LogP contribution in [0.25, 0.3) is 0 Å². The third-order valence-corrected chi connectivity index (χ3v) is 3.98. The Morgan fingerprint density at radius 3 is 2.52 bits per heavy atom. The van der Waals surface area contributed by atoms with E-state index in [0.717, 1.165) is 30.7 Å². The first kappa shape index (κ1) is 16.2. The van der Waals surface area contributed by atoms with Crippen LogP contribution in [0.5, 0.6) is 5.75 Å². The van der Waals surface area contributed by atoms with Gasteiger partial charge in [-0.15, -0.1) is 0 Å². The molecule has 1 N–H and O–H groups in total. The van der Waals surface area contributed by atoms with E-state index in [1.807, 2.05) is 24.3 Å². The van der Waals surface area contributed by atoms with Gasteiger partial charge in [-0.25, -0.2) is 0 Å². The van der Waals surface area contributed by atoms with Crippen LogP contribution in [0.4, 0.5) is 4.39 Å². The molecule has 1 fully saturated rings. The molecule has 118 valence electrons. The average Bonchev–Trinajstić information content (AvgIpc) is 3.03. The van der Waals surface area contributed by atoms with Gasteiger partial charge >= 0.3 is 0 Å². The molecule has 1 saturated heterocycles. The number of aliphatic hydroxyl groups excluding tert-OH is 1. The zero-order chi connectivity index (χ0) is 14.9. The SMILES string of the molecule is O[C@@H](CCN1CCCC1)c1ccc(OCCCCF)cc1. The minimum Gasteiger partial charge on any atom is -0.494 e. The minimum atomic E-state index is -0.411. The molecular formula is C17H26FNO2. The fourth-order valence-corrected chi connectivity index (χ4v) is 2.65. The molecule has 1 aromatic rings. The second-order valence-electron chi connectivity index (χ2n) is 5.67. The van der Waals surface area contributed by atoms with Gasteiger partial charge in [-0.2, -0.15) is 0 Å². The number of aliphatic hydroxyl groups is 1. The van der Waals surface area contributed by atoms with Crippen molar-refractivity contribution in [2.75, 3.05) is 32.9 Å². The van der Waals surface area contributed by atoms with Crippen LogP contribution in [0, 0.1) is 0 Å². The van der Waals surface area contributed by atoms with E-state index in [1.165, 1.54) is 25.9 Å². The quantitative estimate of drug-likeness (QED) is 0.709. The zero-order valence-corrected chi connectivity index (χ0v) is 12.6. The summed E-state index contributed by atoms with van der Waals surface area (Å²) in [6.45, 7) is 3.55. The van der Waals surface area contributed by atoms with Crippen LogP contribution in [0.2, 0.25) is 0 Å². The molecule has 0 aromatic heterocycles. The first-order valence-electron chi connectivity index (χ1n) is 7.99. The van der Waals surface area contributed by atoms with E-state index in [9.17, 15) is 9.50 Å². The van der Waals surface area contributed by atoms with Crippen LogP contribution in [0.3, 0.4) is 0 Å². The number of likely N-dealkylation sites (tertiary alicyclic amines) is 1. The molecule has 1 heterocycles. The summed E-state index contributed by atoms with van der Waals surface area (Å²) in [6.07, 6.45) is 4.21.